The Morgan fingerprint density at radius 3 is 2.20 bits per heavy atom. The van der Waals surface area contributed by atoms with Crippen LogP contribution in [-0.2, 0) is 17.8 Å². The van der Waals surface area contributed by atoms with E-state index in [1.807, 2.05) is 0 Å². The van der Waals surface area contributed by atoms with E-state index in [1.165, 1.54) is 36.0 Å². The van der Waals surface area contributed by atoms with Crippen molar-refractivity contribution in [2.45, 2.75) is 64.2 Å². The third kappa shape index (κ3) is 8.62. The number of halogens is 4. The van der Waals surface area contributed by atoms with Gasteiger partial charge < -0.3 is 25.0 Å². The number of carbonyl (C=O) groups is 2. The molecule has 0 saturated carbocycles. The molecule has 0 radical (unpaired) electrons. The number of hydrogen-bond donors (Lipinski definition) is 2. The average Bonchev–Trinajstić information content (AvgIpc) is 3.26. The van der Waals surface area contributed by atoms with Gasteiger partial charge in [0.25, 0.3) is 5.91 Å². The third-order valence-electron chi connectivity index (χ3n) is 6.41. The van der Waals surface area contributed by atoms with Crippen LogP contribution in [0, 0.1) is 23.3 Å². The van der Waals surface area contributed by atoms with Gasteiger partial charge in [0.2, 0.25) is 0 Å². The average molecular weight is 588 g/mol. The first-order chi connectivity index (χ1) is 18.8. The Labute approximate surface area is 256 Å². The van der Waals surface area contributed by atoms with Crippen LogP contribution >= 0.6 is 0 Å². The number of hydrogen-bond acceptors (Lipinski definition) is 6. The number of nitrogens with zero attached hydrogens (tertiary/aromatic N) is 3. The van der Waals surface area contributed by atoms with Crippen molar-refractivity contribution < 1.29 is 72.0 Å². The Morgan fingerprint density at radius 1 is 1.00 bits per heavy atom. The van der Waals surface area contributed by atoms with Crippen LogP contribution in [0.15, 0.2) is 36.4 Å². The number of aliphatic hydroxyl groups is 2. The summed E-state index contributed by atoms with van der Waals surface area (Å²) in [7, 11) is 1.29. The minimum Gasteiger partial charge on any atom is -0.550 e. The second-order valence-corrected chi connectivity index (χ2v) is 9.89. The number of aromatic nitrogens is 2. The van der Waals surface area contributed by atoms with Gasteiger partial charge in [-0.25, -0.2) is 22.2 Å². The normalized spacial score (nSPS) is 12.6. The Kier molecular flexibility index (Phi) is 12.5. The first-order valence-corrected chi connectivity index (χ1v) is 12.6. The number of amides is 1. The molecule has 1 aromatic heterocycles. The van der Waals surface area contributed by atoms with Crippen LogP contribution in [0.4, 0.5) is 17.6 Å². The first-order valence-electron chi connectivity index (χ1n) is 12.6. The predicted molar refractivity (Wildman–Crippen MR) is 134 cm³/mol. The molecule has 3 rings (SSSR count). The zero-order chi connectivity index (χ0) is 29.7. The third-order valence-corrected chi connectivity index (χ3v) is 6.41. The van der Waals surface area contributed by atoms with Crippen molar-refractivity contribution in [2.75, 3.05) is 7.05 Å². The summed E-state index contributed by atoms with van der Waals surface area (Å²) < 4.78 is 57.3. The van der Waals surface area contributed by atoms with Crippen molar-refractivity contribution in [1.29, 1.82) is 0 Å². The Bertz CT molecular complexity index is 1370. The minimum atomic E-state index is -1.46. The van der Waals surface area contributed by atoms with Crippen molar-refractivity contribution in [3.05, 3.63) is 82.2 Å². The zero-order valence-corrected chi connectivity index (χ0v) is 25.2. The van der Waals surface area contributed by atoms with E-state index in [9.17, 15) is 42.5 Å². The van der Waals surface area contributed by atoms with E-state index in [2.05, 4.69) is 5.10 Å². The number of rotatable bonds is 12. The standard InChI is InChI=1S/C28H31F4N3O5.Na/c1-15(2)25-23(11-8-18(36)12-19(37)13-24(38)39)35(17-6-4-16(29)5-7-17)33-27(25)28(40)34(3)14-20-21(30)9-10-22(31)26(20)32;/h4-7,9-10,15,18-19,36-37H,8,11-14H2,1-3H3,(H,38,39);/q;+1/p-1/t18-,19-;/m1./s1. The predicted octanol–water partition coefficient (Wildman–Crippen LogP) is 0.0128. The molecule has 13 heteroatoms. The fraction of sp³-hybridized carbons (Fsp3) is 0.393. The van der Waals surface area contributed by atoms with Gasteiger partial charge in [-0.05, 0) is 61.6 Å². The van der Waals surface area contributed by atoms with E-state index < -0.39 is 65.9 Å². The number of carboxylic acids is 1. The van der Waals surface area contributed by atoms with Crippen LogP contribution in [0.2, 0.25) is 0 Å². The molecule has 0 unspecified atom stereocenters. The number of carboxylic acid groups (broad SMARTS) is 1. The molecule has 0 fully saturated rings. The van der Waals surface area contributed by atoms with E-state index >= 15 is 0 Å². The van der Waals surface area contributed by atoms with Gasteiger partial charge >= 0.3 is 29.6 Å². The second kappa shape index (κ2) is 14.9. The van der Waals surface area contributed by atoms with Crippen LogP contribution in [0.25, 0.3) is 5.69 Å². The molecule has 1 amide bonds. The smallest absolute Gasteiger partial charge is 0.550 e. The molecule has 1 heterocycles. The molecule has 0 aliphatic rings. The summed E-state index contributed by atoms with van der Waals surface area (Å²) in [6, 6.07) is 6.68. The van der Waals surface area contributed by atoms with E-state index in [-0.39, 0.29) is 60.4 Å². The van der Waals surface area contributed by atoms with Crippen LogP contribution in [-0.4, -0.2) is 56.0 Å². The van der Waals surface area contributed by atoms with E-state index in [0.29, 0.717) is 23.0 Å². The van der Waals surface area contributed by atoms with Gasteiger partial charge in [0.15, 0.2) is 17.3 Å². The molecule has 0 bridgehead atoms. The number of carbonyl (C=O) groups excluding carboxylic acids is 2. The van der Waals surface area contributed by atoms with E-state index in [1.54, 1.807) is 13.8 Å². The molecule has 8 nitrogen and oxygen atoms in total. The number of aliphatic carboxylic acids is 1. The Morgan fingerprint density at radius 2 is 1.61 bits per heavy atom. The SMILES string of the molecule is CC(C)c1c(C(=O)N(C)Cc2c(F)ccc(F)c2F)nn(-c2ccc(F)cc2)c1CC[C@@H](O)C[C@@H](O)CC(=O)[O-].[Na+]. The van der Waals surface area contributed by atoms with Gasteiger partial charge in [-0.2, -0.15) is 5.10 Å². The topological polar surface area (TPSA) is 119 Å². The number of benzene rings is 2. The Balaban J connectivity index is 0.00000588. The summed E-state index contributed by atoms with van der Waals surface area (Å²) in [6.07, 6.45) is -3.11. The van der Waals surface area contributed by atoms with Crippen molar-refractivity contribution in [2.24, 2.45) is 0 Å². The molecule has 3 aromatic rings. The van der Waals surface area contributed by atoms with Gasteiger partial charge in [-0.15, -0.1) is 0 Å². The maximum Gasteiger partial charge on any atom is 1.00 e. The van der Waals surface area contributed by atoms with Crippen molar-refractivity contribution in [3.8, 4) is 5.69 Å². The molecule has 0 aliphatic heterocycles. The summed E-state index contributed by atoms with van der Waals surface area (Å²) in [5.41, 5.74) is 0.659. The van der Waals surface area contributed by atoms with Gasteiger partial charge in [0.1, 0.15) is 11.6 Å². The van der Waals surface area contributed by atoms with Crippen LogP contribution in [0.1, 0.15) is 66.3 Å². The van der Waals surface area contributed by atoms with E-state index in [4.69, 9.17) is 0 Å². The van der Waals surface area contributed by atoms with Crippen LogP contribution in [0.5, 0.6) is 0 Å². The fourth-order valence-electron chi connectivity index (χ4n) is 4.48. The van der Waals surface area contributed by atoms with E-state index in [0.717, 1.165) is 11.0 Å². The summed E-state index contributed by atoms with van der Waals surface area (Å²) in [4.78, 5) is 25.2. The van der Waals surface area contributed by atoms with Crippen molar-refractivity contribution in [3.63, 3.8) is 0 Å². The molecule has 41 heavy (non-hydrogen) atoms. The van der Waals surface area contributed by atoms with Gasteiger partial charge in [-0.1, -0.05) is 13.8 Å². The summed E-state index contributed by atoms with van der Waals surface area (Å²) >= 11 is 0. The molecular weight excluding hydrogens is 557 g/mol. The van der Waals surface area contributed by atoms with Crippen molar-refractivity contribution in [1.82, 2.24) is 14.7 Å². The monoisotopic (exact) mass is 587 g/mol. The summed E-state index contributed by atoms with van der Waals surface area (Å²) in [6.45, 7) is 3.00. The zero-order valence-electron chi connectivity index (χ0n) is 23.2. The molecule has 2 atom stereocenters. The molecular formula is C28H30F4N3NaO5. The maximum atomic E-state index is 14.3. The van der Waals surface area contributed by atoms with Gasteiger partial charge in [0.05, 0.1) is 24.4 Å². The fourth-order valence-corrected chi connectivity index (χ4v) is 4.48. The molecule has 0 saturated heterocycles. The number of aliphatic hydroxyl groups excluding tert-OH is 2. The molecule has 216 valence electrons. The van der Waals surface area contributed by atoms with Crippen LogP contribution in [0.3, 0.4) is 0 Å². The molecule has 2 N–H and O–H groups in total. The van der Waals surface area contributed by atoms with Crippen molar-refractivity contribution >= 4 is 11.9 Å². The quantitative estimate of drug-likeness (QED) is 0.175. The van der Waals surface area contributed by atoms with Gasteiger partial charge in [0, 0.05) is 36.3 Å². The molecule has 2 aromatic carbocycles. The molecule has 0 spiro atoms. The Hall–Kier alpha value is -2.77. The summed E-state index contributed by atoms with van der Waals surface area (Å²) in [5, 5.41) is 35.5. The van der Waals surface area contributed by atoms with Gasteiger partial charge in [-0.3, -0.25) is 4.79 Å². The summed E-state index contributed by atoms with van der Waals surface area (Å²) in [5.74, 6) is -6.66. The molecule has 0 aliphatic carbocycles. The largest absolute Gasteiger partial charge is 1.00 e. The second-order valence-electron chi connectivity index (χ2n) is 9.89. The minimum absolute atomic E-state index is 0. The first kappa shape index (κ1) is 34.4. The maximum absolute atomic E-state index is 14.3. The van der Waals surface area contributed by atoms with Crippen LogP contribution < -0.4 is 34.7 Å².